The predicted molar refractivity (Wildman–Crippen MR) is 43.2 cm³/mol. The van der Waals surface area contributed by atoms with Crippen LogP contribution in [-0.4, -0.2) is 14.7 Å². The zero-order chi connectivity index (χ0) is 8.43. The van der Waals surface area contributed by atoms with E-state index in [2.05, 4.69) is 18.8 Å². The quantitative estimate of drug-likeness (QED) is 0.701. The SMILES string of the molecule is CC(O)c1nccn1C(C)C. The summed E-state index contributed by atoms with van der Waals surface area (Å²) in [5, 5.41) is 9.26. The molecule has 0 radical (unpaired) electrons. The van der Waals surface area contributed by atoms with Gasteiger partial charge in [-0.05, 0) is 20.8 Å². The van der Waals surface area contributed by atoms with Crippen molar-refractivity contribution >= 4 is 0 Å². The maximum atomic E-state index is 9.26. The number of aromatic nitrogens is 2. The van der Waals surface area contributed by atoms with E-state index < -0.39 is 6.10 Å². The second-order valence-electron chi connectivity index (χ2n) is 2.96. The van der Waals surface area contributed by atoms with Crippen molar-refractivity contribution in [2.75, 3.05) is 0 Å². The Morgan fingerprint density at radius 3 is 2.45 bits per heavy atom. The van der Waals surface area contributed by atoms with Gasteiger partial charge in [0.15, 0.2) is 0 Å². The van der Waals surface area contributed by atoms with Crippen LogP contribution in [0.3, 0.4) is 0 Å². The first-order chi connectivity index (χ1) is 5.13. The summed E-state index contributed by atoms with van der Waals surface area (Å²) in [7, 11) is 0. The van der Waals surface area contributed by atoms with Crippen molar-refractivity contribution in [2.45, 2.75) is 32.9 Å². The fourth-order valence-electron chi connectivity index (χ4n) is 1.08. The van der Waals surface area contributed by atoms with Crippen LogP contribution in [0.25, 0.3) is 0 Å². The highest BCUT2D eigenvalue weighted by Gasteiger charge is 2.09. The Morgan fingerprint density at radius 2 is 2.09 bits per heavy atom. The zero-order valence-corrected chi connectivity index (χ0v) is 7.15. The zero-order valence-electron chi connectivity index (χ0n) is 7.15. The topological polar surface area (TPSA) is 38.1 Å². The molecule has 1 atom stereocenters. The molecule has 3 heteroatoms. The summed E-state index contributed by atoms with van der Waals surface area (Å²) in [6.45, 7) is 5.85. The molecular weight excluding hydrogens is 140 g/mol. The summed E-state index contributed by atoms with van der Waals surface area (Å²) in [4.78, 5) is 4.05. The second-order valence-corrected chi connectivity index (χ2v) is 2.96. The van der Waals surface area contributed by atoms with Gasteiger partial charge in [-0.2, -0.15) is 0 Å². The summed E-state index contributed by atoms with van der Waals surface area (Å²) in [5.74, 6) is 0.736. The van der Waals surface area contributed by atoms with Crippen LogP contribution in [0.2, 0.25) is 0 Å². The van der Waals surface area contributed by atoms with E-state index >= 15 is 0 Å². The molecule has 1 N–H and O–H groups in total. The van der Waals surface area contributed by atoms with Gasteiger partial charge in [0.1, 0.15) is 11.9 Å². The Labute approximate surface area is 66.7 Å². The summed E-state index contributed by atoms with van der Waals surface area (Å²) in [6.07, 6.45) is 3.11. The summed E-state index contributed by atoms with van der Waals surface area (Å²) in [6, 6.07) is 0.363. The molecular formula is C8H14N2O. The van der Waals surface area contributed by atoms with Crippen LogP contribution in [0.15, 0.2) is 12.4 Å². The van der Waals surface area contributed by atoms with Crippen LogP contribution in [-0.2, 0) is 0 Å². The first kappa shape index (κ1) is 8.27. The molecule has 0 aromatic carbocycles. The van der Waals surface area contributed by atoms with Crippen molar-refractivity contribution < 1.29 is 5.11 Å². The van der Waals surface area contributed by atoms with Crippen LogP contribution in [0.1, 0.15) is 38.7 Å². The highest BCUT2D eigenvalue weighted by Crippen LogP contribution is 2.14. The minimum absolute atomic E-state index is 0.363. The molecule has 0 saturated heterocycles. The molecule has 0 saturated carbocycles. The van der Waals surface area contributed by atoms with Gasteiger partial charge < -0.3 is 9.67 Å². The molecule has 0 aliphatic carbocycles. The monoisotopic (exact) mass is 154 g/mol. The first-order valence-corrected chi connectivity index (χ1v) is 3.83. The molecule has 1 aromatic rings. The van der Waals surface area contributed by atoms with E-state index in [0.717, 1.165) is 5.82 Å². The van der Waals surface area contributed by atoms with Gasteiger partial charge in [-0.3, -0.25) is 0 Å². The molecule has 1 heterocycles. The Morgan fingerprint density at radius 1 is 1.45 bits per heavy atom. The lowest BCUT2D eigenvalue weighted by Crippen LogP contribution is -2.07. The Hall–Kier alpha value is -0.830. The van der Waals surface area contributed by atoms with Crippen LogP contribution >= 0.6 is 0 Å². The van der Waals surface area contributed by atoms with Crippen molar-refractivity contribution in [3.8, 4) is 0 Å². The maximum Gasteiger partial charge on any atom is 0.137 e. The predicted octanol–water partition coefficient (Wildman–Crippen LogP) is 1.52. The average molecular weight is 154 g/mol. The number of aliphatic hydroxyl groups excluding tert-OH is 1. The molecule has 0 amide bonds. The second kappa shape index (κ2) is 3.05. The Bertz CT molecular complexity index is 205. The van der Waals surface area contributed by atoms with Crippen molar-refractivity contribution in [1.82, 2.24) is 9.55 Å². The summed E-state index contributed by atoms with van der Waals surface area (Å²) < 4.78 is 1.96. The van der Waals surface area contributed by atoms with E-state index in [-0.39, 0.29) is 0 Å². The van der Waals surface area contributed by atoms with Gasteiger partial charge in [-0.1, -0.05) is 0 Å². The van der Waals surface area contributed by atoms with E-state index in [4.69, 9.17) is 0 Å². The lowest BCUT2D eigenvalue weighted by atomic mass is 10.3. The third kappa shape index (κ3) is 1.60. The average Bonchev–Trinajstić information content (AvgIpc) is 2.32. The van der Waals surface area contributed by atoms with E-state index in [1.165, 1.54) is 0 Å². The summed E-state index contributed by atoms with van der Waals surface area (Å²) in [5.41, 5.74) is 0. The van der Waals surface area contributed by atoms with Gasteiger partial charge in [-0.25, -0.2) is 4.98 Å². The highest BCUT2D eigenvalue weighted by molar-refractivity contribution is 4.96. The molecule has 0 fully saturated rings. The van der Waals surface area contributed by atoms with Crippen LogP contribution in [0.4, 0.5) is 0 Å². The van der Waals surface area contributed by atoms with Crippen LogP contribution in [0.5, 0.6) is 0 Å². The minimum atomic E-state index is -0.479. The molecule has 0 bridgehead atoms. The maximum absolute atomic E-state index is 9.26. The molecule has 11 heavy (non-hydrogen) atoms. The van der Waals surface area contributed by atoms with Gasteiger partial charge in [-0.15, -0.1) is 0 Å². The highest BCUT2D eigenvalue weighted by atomic mass is 16.3. The number of imidazole rings is 1. The Balaban J connectivity index is 2.96. The van der Waals surface area contributed by atoms with Gasteiger partial charge in [0.25, 0.3) is 0 Å². The van der Waals surface area contributed by atoms with Crippen molar-refractivity contribution in [2.24, 2.45) is 0 Å². The third-order valence-electron chi connectivity index (χ3n) is 1.63. The van der Waals surface area contributed by atoms with Crippen molar-refractivity contribution in [1.29, 1.82) is 0 Å². The van der Waals surface area contributed by atoms with Crippen LogP contribution in [0, 0.1) is 0 Å². The molecule has 0 spiro atoms. The number of hydrogen-bond donors (Lipinski definition) is 1. The fraction of sp³-hybridized carbons (Fsp3) is 0.625. The van der Waals surface area contributed by atoms with Crippen molar-refractivity contribution in [3.05, 3.63) is 18.2 Å². The van der Waals surface area contributed by atoms with Gasteiger partial charge >= 0.3 is 0 Å². The van der Waals surface area contributed by atoms with E-state index in [9.17, 15) is 5.11 Å². The first-order valence-electron chi connectivity index (χ1n) is 3.83. The molecule has 3 nitrogen and oxygen atoms in total. The number of nitrogens with zero attached hydrogens (tertiary/aromatic N) is 2. The van der Waals surface area contributed by atoms with Gasteiger partial charge in [0, 0.05) is 18.4 Å². The molecule has 1 unspecified atom stereocenters. The lowest BCUT2D eigenvalue weighted by molar-refractivity contribution is 0.182. The lowest BCUT2D eigenvalue weighted by Gasteiger charge is -2.12. The normalized spacial score (nSPS) is 13.9. The minimum Gasteiger partial charge on any atom is -0.385 e. The van der Waals surface area contributed by atoms with E-state index in [1.54, 1.807) is 13.1 Å². The fourth-order valence-corrected chi connectivity index (χ4v) is 1.08. The Kier molecular flexibility index (Phi) is 2.29. The van der Waals surface area contributed by atoms with E-state index in [1.807, 2.05) is 10.8 Å². The molecule has 0 aliphatic rings. The summed E-state index contributed by atoms with van der Waals surface area (Å²) >= 11 is 0. The number of aliphatic hydroxyl groups is 1. The molecule has 1 rings (SSSR count). The third-order valence-corrected chi connectivity index (χ3v) is 1.63. The van der Waals surface area contributed by atoms with Crippen LogP contribution < -0.4 is 0 Å². The largest absolute Gasteiger partial charge is 0.385 e. The molecule has 0 aliphatic heterocycles. The van der Waals surface area contributed by atoms with Gasteiger partial charge in [0.05, 0.1) is 0 Å². The standard InChI is InChI=1S/C8H14N2O/c1-6(2)10-5-4-9-8(10)7(3)11/h4-7,11H,1-3H3. The smallest absolute Gasteiger partial charge is 0.137 e. The van der Waals surface area contributed by atoms with E-state index in [0.29, 0.717) is 6.04 Å². The number of hydrogen-bond acceptors (Lipinski definition) is 2. The van der Waals surface area contributed by atoms with Gasteiger partial charge in [0.2, 0.25) is 0 Å². The van der Waals surface area contributed by atoms with Crippen molar-refractivity contribution in [3.63, 3.8) is 0 Å². The molecule has 62 valence electrons. The number of rotatable bonds is 2. The molecule has 1 aromatic heterocycles.